The van der Waals surface area contributed by atoms with Gasteiger partial charge in [-0.2, -0.15) is 0 Å². The first kappa shape index (κ1) is 13.6. The number of aryl methyl sites for hydroxylation is 1. The Kier molecular flexibility index (Phi) is 4.48. The molecule has 0 amide bonds. The summed E-state index contributed by atoms with van der Waals surface area (Å²) in [4.78, 5) is 5.45. The summed E-state index contributed by atoms with van der Waals surface area (Å²) in [6.45, 7) is 4.85. The van der Waals surface area contributed by atoms with E-state index in [9.17, 15) is 4.39 Å². The third-order valence-corrected chi connectivity index (χ3v) is 4.46. The molecule has 1 atom stereocenters. The van der Waals surface area contributed by atoms with Gasteiger partial charge in [-0.05, 0) is 31.5 Å². The van der Waals surface area contributed by atoms with Crippen LogP contribution in [0.1, 0.15) is 29.1 Å². The maximum Gasteiger partial charge on any atom is 0.124 e. The van der Waals surface area contributed by atoms with Crippen molar-refractivity contribution < 1.29 is 4.39 Å². The van der Waals surface area contributed by atoms with E-state index in [1.54, 1.807) is 17.4 Å². The second-order valence-electron chi connectivity index (χ2n) is 4.13. The number of halogens is 2. The van der Waals surface area contributed by atoms with Crippen LogP contribution in [0.4, 0.5) is 4.39 Å². The average Bonchev–Trinajstić information content (AvgIpc) is 2.72. The summed E-state index contributed by atoms with van der Waals surface area (Å²) in [6, 6.07) is 4.93. The Morgan fingerprint density at radius 2 is 2.28 bits per heavy atom. The molecular formula is C13H14BrFN2S. The minimum absolute atomic E-state index is 0.154. The fraction of sp³-hybridized carbons (Fsp3) is 0.308. The molecule has 1 aromatic carbocycles. The molecule has 96 valence electrons. The first-order valence-corrected chi connectivity index (χ1v) is 7.32. The number of nitrogens with zero attached hydrogens (tertiary/aromatic N) is 1. The van der Waals surface area contributed by atoms with Crippen LogP contribution in [0.5, 0.6) is 0 Å². The molecule has 1 aromatic heterocycles. The molecule has 0 fully saturated rings. The number of benzene rings is 1. The summed E-state index contributed by atoms with van der Waals surface area (Å²) in [5, 5.41) is 3.42. The van der Waals surface area contributed by atoms with Crippen molar-refractivity contribution in [2.45, 2.75) is 26.4 Å². The highest BCUT2D eigenvalue weighted by molar-refractivity contribution is 9.10. The van der Waals surface area contributed by atoms with E-state index in [1.165, 1.54) is 17.0 Å². The topological polar surface area (TPSA) is 24.9 Å². The minimum atomic E-state index is -0.226. The molecule has 18 heavy (non-hydrogen) atoms. The quantitative estimate of drug-likeness (QED) is 0.909. The van der Waals surface area contributed by atoms with Crippen molar-refractivity contribution >= 4 is 27.3 Å². The molecule has 0 saturated carbocycles. The standard InChI is InChI=1S/C13H14BrFN2S/c1-8(11-4-3-10(15)5-12(11)14)16-6-13-9(2)17-7-18-13/h3-5,7-8,16H,6H2,1-2H3. The highest BCUT2D eigenvalue weighted by atomic mass is 79.9. The zero-order valence-electron chi connectivity index (χ0n) is 10.2. The molecule has 5 heteroatoms. The molecule has 0 aliphatic carbocycles. The van der Waals surface area contributed by atoms with Crippen molar-refractivity contribution in [3.63, 3.8) is 0 Å². The number of nitrogens with one attached hydrogen (secondary N) is 1. The molecule has 0 spiro atoms. The number of rotatable bonds is 4. The van der Waals surface area contributed by atoms with Crippen LogP contribution in [0.3, 0.4) is 0 Å². The van der Waals surface area contributed by atoms with E-state index in [2.05, 4.69) is 33.2 Å². The normalized spacial score (nSPS) is 12.7. The summed E-state index contributed by atoms with van der Waals surface area (Å²) in [7, 11) is 0. The van der Waals surface area contributed by atoms with Crippen LogP contribution in [0, 0.1) is 12.7 Å². The third kappa shape index (κ3) is 3.16. The molecule has 2 rings (SSSR count). The molecule has 1 heterocycles. The van der Waals surface area contributed by atoms with E-state index >= 15 is 0 Å². The monoisotopic (exact) mass is 328 g/mol. The van der Waals surface area contributed by atoms with Crippen LogP contribution in [0.15, 0.2) is 28.2 Å². The summed E-state index contributed by atoms with van der Waals surface area (Å²) >= 11 is 5.04. The maximum atomic E-state index is 13.0. The lowest BCUT2D eigenvalue weighted by Gasteiger charge is -2.15. The second-order valence-corrected chi connectivity index (χ2v) is 5.92. The molecule has 2 aromatic rings. The van der Waals surface area contributed by atoms with Crippen molar-refractivity contribution in [1.82, 2.24) is 10.3 Å². The second kappa shape index (κ2) is 5.91. The largest absolute Gasteiger partial charge is 0.305 e. The number of aromatic nitrogens is 1. The number of thiazole rings is 1. The lowest BCUT2D eigenvalue weighted by atomic mass is 10.1. The van der Waals surface area contributed by atoms with Crippen LogP contribution in [0.25, 0.3) is 0 Å². The highest BCUT2D eigenvalue weighted by Gasteiger charge is 2.10. The van der Waals surface area contributed by atoms with Gasteiger partial charge in [0, 0.05) is 21.9 Å². The van der Waals surface area contributed by atoms with Gasteiger partial charge >= 0.3 is 0 Å². The molecule has 1 N–H and O–H groups in total. The molecule has 0 aliphatic rings. The Morgan fingerprint density at radius 3 is 2.89 bits per heavy atom. The van der Waals surface area contributed by atoms with Gasteiger partial charge in [0.2, 0.25) is 0 Å². The van der Waals surface area contributed by atoms with Crippen LogP contribution < -0.4 is 5.32 Å². The minimum Gasteiger partial charge on any atom is -0.305 e. The van der Waals surface area contributed by atoms with Gasteiger partial charge in [-0.3, -0.25) is 0 Å². The van der Waals surface area contributed by atoms with Gasteiger partial charge < -0.3 is 5.32 Å². The Morgan fingerprint density at radius 1 is 1.50 bits per heavy atom. The van der Waals surface area contributed by atoms with Crippen molar-refractivity contribution in [3.8, 4) is 0 Å². The predicted octanol–water partition coefficient (Wildman–Crippen LogP) is 4.20. The van der Waals surface area contributed by atoms with E-state index in [1.807, 2.05) is 12.4 Å². The first-order valence-electron chi connectivity index (χ1n) is 5.65. The van der Waals surface area contributed by atoms with E-state index < -0.39 is 0 Å². The van der Waals surface area contributed by atoms with Gasteiger partial charge in [-0.25, -0.2) is 9.37 Å². The first-order chi connectivity index (χ1) is 8.58. The summed E-state index contributed by atoms with van der Waals surface area (Å²) in [5.41, 5.74) is 3.97. The van der Waals surface area contributed by atoms with Crippen molar-refractivity contribution in [2.75, 3.05) is 0 Å². The SMILES string of the molecule is Cc1ncsc1CNC(C)c1ccc(F)cc1Br. The molecule has 2 nitrogen and oxygen atoms in total. The molecule has 0 bridgehead atoms. The Balaban J connectivity index is 2.03. The van der Waals surface area contributed by atoms with E-state index in [4.69, 9.17) is 0 Å². The van der Waals surface area contributed by atoms with Gasteiger partial charge in [0.05, 0.1) is 11.2 Å². The summed E-state index contributed by atoms with van der Waals surface area (Å²) in [5.74, 6) is -0.226. The smallest absolute Gasteiger partial charge is 0.124 e. The van der Waals surface area contributed by atoms with E-state index in [0.29, 0.717) is 0 Å². The van der Waals surface area contributed by atoms with Crippen molar-refractivity contribution in [3.05, 3.63) is 50.1 Å². The lowest BCUT2D eigenvalue weighted by Crippen LogP contribution is -2.18. The number of hydrogen-bond donors (Lipinski definition) is 1. The van der Waals surface area contributed by atoms with Crippen LogP contribution >= 0.6 is 27.3 Å². The third-order valence-electron chi connectivity index (χ3n) is 2.84. The Bertz CT molecular complexity index is 542. The van der Waals surface area contributed by atoms with Gasteiger partial charge in [0.25, 0.3) is 0 Å². The fourth-order valence-electron chi connectivity index (χ4n) is 1.70. The highest BCUT2D eigenvalue weighted by Crippen LogP contribution is 2.24. The average molecular weight is 329 g/mol. The van der Waals surface area contributed by atoms with Crippen LogP contribution in [-0.2, 0) is 6.54 Å². The zero-order chi connectivity index (χ0) is 13.1. The Labute approximate surface area is 118 Å². The van der Waals surface area contributed by atoms with Gasteiger partial charge in [0.15, 0.2) is 0 Å². The van der Waals surface area contributed by atoms with Gasteiger partial charge in [-0.15, -0.1) is 11.3 Å². The van der Waals surface area contributed by atoms with E-state index in [-0.39, 0.29) is 11.9 Å². The predicted molar refractivity (Wildman–Crippen MR) is 76.2 cm³/mol. The molecular weight excluding hydrogens is 315 g/mol. The Hall–Kier alpha value is -0.780. The molecule has 0 radical (unpaired) electrons. The number of hydrogen-bond acceptors (Lipinski definition) is 3. The van der Waals surface area contributed by atoms with Crippen molar-refractivity contribution in [2.24, 2.45) is 0 Å². The molecule has 0 saturated heterocycles. The van der Waals surface area contributed by atoms with Gasteiger partial charge in [-0.1, -0.05) is 22.0 Å². The lowest BCUT2D eigenvalue weighted by molar-refractivity contribution is 0.571. The van der Waals surface area contributed by atoms with Crippen LogP contribution in [-0.4, -0.2) is 4.98 Å². The summed E-state index contributed by atoms with van der Waals surface area (Å²) < 4.78 is 13.8. The van der Waals surface area contributed by atoms with Gasteiger partial charge in [0.1, 0.15) is 5.82 Å². The van der Waals surface area contributed by atoms with E-state index in [0.717, 1.165) is 22.3 Å². The zero-order valence-corrected chi connectivity index (χ0v) is 12.6. The molecule has 1 unspecified atom stereocenters. The fourth-order valence-corrected chi connectivity index (χ4v) is 3.13. The van der Waals surface area contributed by atoms with Crippen molar-refractivity contribution in [1.29, 1.82) is 0 Å². The maximum absolute atomic E-state index is 13.0. The summed E-state index contributed by atoms with van der Waals surface area (Å²) in [6.07, 6.45) is 0. The van der Waals surface area contributed by atoms with Crippen LogP contribution in [0.2, 0.25) is 0 Å². The molecule has 0 aliphatic heterocycles.